The van der Waals surface area contributed by atoms with E-state index in [1.807, 2.05) is 6.08 Å². The summed E-state index contributed by atoms with van der Waals surface area (Å²) in [5.41, 5.74) is 0. The summed E-state index contributed by atoms with van der Waals surface area (Å²) in [7, 11) is 1.63. The molecule has 0 aromatic carbocycles. The van der Waals surface area contributed by atoms with E-state index in [0.717, 1.165) is 6.42 Å². The summed E-state index contributed by atoms with van der Waals surface area (Å²) >= 11 is -1.96. The third-order valence-electron chi connectivity index (χ3n) is 1.83. The zero-order valence-corrected chi connectivity index (χ0v) is 7.17. The van der Waals surface area contributed by atoms with Gasteiger partial charge in [-0.2, -0.15) is 0 Å². The van der Waals surface area contributed by atoms with E-state index in [-0.39, 0.29) is 11.4 Å². The van der Waals surface area contributed by atoms with Crippen LogP contribution in [0.1, 0.15) is 12.8 Å². The SMILES string of the molecule is COC1C=CC(S(=O)[O-])CC1. The van der Waals surface area contributed by atoms with Gasteiger partial charge in [-0.25, -0.2) is 0 Å². The lowest BCUT2D eigenvalue weighted by Gasteiger charge is -2.23. The van der Waals surface area contributed by atoms with Gasteiger partial charge in [-0.15, -0.1) is 0 Å². The van der Waals surface area contributed by atoms with Gasteiger partial charge in [-0.1, -0.05) is 12.2 Å². The minimum atomic E-state index is -1.96. The van der Waals surface area contributed by atoms with E-state index in [9.17, 15) is 8.76 Å². The Morgan fingerprint density at radius 1 is 1.55 bits per heavy atom. The Morgan fingerprint density at radius 2 is 2.27 bits per heavy atom. The van der Waals surface area contributed by atoms with Crippen molar-refractivity contribution in [1.82, 2.24) is 0 Å². The van der Waals surface area contributed by atoms with Crippen LogP contribution in [0.5, 0.6) is 0 Å². The van der Waals surface area contributed by atoms with Gasteiger partial charge in [0.15, 0.2) is 0 Å². The fourth-order valence-corrected chi connectivity index (χ4v) is 1.67. The minimum absolute atomic E-state index is 0.106. The van der Waals surface area contributed by atoms with Crippen molar-refractivity contribution >= 4 is 11.1 Å². The van der Waals surface area contributed by atoms with Crippen LogP contribution in [0.2, 0.25) is 0 Å². The molecular formula is C7H11O3S-. The topological polar surface area (TPSA) is 49.4 Å². The van der Waals surface area contributed by atoms with E-state index in [0.29, 0.717) is 6.42 Å². The van der Waals surface area contributed by atoms with E-state index < -0.39 is 11.1 Å². The Morgan fingerprint density at radius 3 is 2.64 bits per heavy atom. The molecule has 0 saturated heterocycles. The highest BCUT2D eigenvalue weighted by Crippen LogP contribution is 2.16. The molecule has 0 aromatic rings. The number of hydrogen-bond donors (Lipinski definition) is 0. The summed E-state index contributed by atoms with van der Waals surface area (Å²) in [6, 6.07) is 0. The average molecular weight is 175 g/mol. The van der Waals surface area contributed by atoms with Crippen molar-refractivity contribution in [2.45, 2.75) is 24.2 Å². The van der Waals surface area contributed by atoms with Gasteiger partial charge in [0.2, 0.25) is 0 Å². The molecule has 11 heavy (non-hydrogen) atoms. The number of ether oxygens (including phenoxy) is 1. The van der Waals surface area contributed by atoms with Gasteiger partial charge >= 0.3 is 0 Å². The maximum Gasteiger partial charge on any atom is 0.0752 e. The van der Waals surface area contributed by atoms with Gasteiger partial charge in [0.05, 0.1) is 6.10 Å². The lowest BCUT2D eigenvalue weighted by Crippen LogP contribution is -2.21. The van der Waals surface area contributed by atoms with Gasteiger partial charge in [0, 0.05) is 12.4 Å². The van der Waals surface area contributed by atoms with Gasteiger partial charge in [-0.3, -0.25) is 4.21 Å². The first-order valence-corrected chi connectivity index (χ1v) is 4.67. The maximum atomic E-state index is 10.5. The highest BCUT2D eigenvalue weighted by molar-refractivity contribution is 7.80. The molecule has 1 aliphatic rings. The molecule has 0 fully saturated rings. The Labute approximate surface area is 68.7 Å². The van der Waals surface area contributed by atoms with Gasteiger partial charge in [-0.05, 0) is 23.9 Å². The van der Waals surface area contributed by atoms with Crippen LogP contribution in [0.3, 0.4) is 0 Å². The molecule has 1 rings (SSSR count). The molecular weight excluding hydrogens is 164 g/mol. The van der Waals surface area contributed by atoms with Gasteiger partial charge in [0.1, 0.15) is 0 Å². The maximum absolute atomic E-state index is 10.5. The largest absolute Gasteiger partial charge is 0.772 e. The predicted octanol–water partition coefficient (Wildman–Crippen LogP) is 0.599. The average Bonchev–Trinajstić information content (AvgIpc) is 2.05. The molecule has 64 valence electrons. The molecule has 0 spiro atoms. The normalized spacial score (nSPS) is 33.6. The number of hydrogen-bond acceptors (Lipinski definition) is 3. The predicted molar refractivity (Wildman–Crippen MR) is 41.9 cm³/mol. The van der Waals surface area contributed by atoms with Gasteiger partial charge < -0.3 is 9.29 Å². The van der Waals surface area contributed by atoms with Crippen molar-refractivity contribution in [3.63, 3.8) is 0 Å². The standard InChI is InChI=1S/C7H12O3S/c1-10-6-2-4-7(5-3-6)11(8)9/h2,4,6-7H,3,5H2,1H3,(H,8,9)/p-1. The lowest BCUT2D eigenvalue weighted by atomic mass is 10.1. The zero-order valence-electron chi connectivity index (χ0n) is 6.36. The molecule has 3 nitrogen and oxygen atoms in total. The second kappa shape index (κ2) is 3.99. The first-order valence-electron chi connectivity index (χ1n) is 3.53. The molecule has 0 N–H and O–H groups in total. The Bertz CT molecular complexity index is 179. The molecule has 3 atom stereocenters. The minimum Gasteiger partial charge on any atom is -0.772 e. The molecule has 1 aliphatic carbocycles. The van der Waals surface area contributed by atoms with Crippen LogP contribution in [0, 0.1) is 0 Å². The summed E-state index contributed by atoms with van der Waals surface area (Å²) in [5.74, 6) is 0. The quantitative estimate of drug-likeness (QED) is 0.456. The second-order valence-electron chi connectivity index (χ2n) is 2.54. The van der Waals surface area contributed by atoms with Crippen LogP contribution in [0.4, 0.5) is 0 Å². The second-order valence-corrected chi connectivity index (χ2v) is 3.66. The third kappa shape index (κ3) is 2.39. The fraction of sp³-hybridized carbons (Fsp3) is 0.714. The molecule has 4 heteroatoms. The number of rotatable bonds is 2. The summed E-state index contributed by atoms with van der Waals surface area (Å²) in [5, 5.41) is -0.304. The Hall–Kier alpha value is -0.190. The summed E-state index contributed by atoms with van der Waals surface area (Å²) in [6.45, 7) is 0. The molecule has 0 aliphatic heterocycles. The molecule has 0 aromatic heterocycles. The molecule has 0 amide bonds. The van der Waals surface area contributed by atoms with E-state index in [1.54, 1.807) is 13.2 Å². The van der Waals surface area contributed by atoms with Crippen LogP contribution in [-0.4, -0.2) is 27.2 Å². The van der Waals surface area contributed by atoms with Crippen LogP contribution < -0.4 is 0 Å². The van der Waals surface area contributed by atoms with E-state index in [4.69, 9.17) is 4.74 Å². The van der Waals surface area contributed by atoms with Crippen molar-refractivity contribution in [2.75, 3.05) is 7.11 Å². The summed E-state index contributed by atoms with van der Waals surface area (Å²) < 4.78 is 25.9. The Kier molecular flexibility index (Phi) is 3.23. The van der Waals surface area contributed by atoms with Crippen molar-refractivity contribution in [3.8, 4) is 0 Å². The molecule has 0 saturated carbocycles. The summed E-state index contributed by atoms with van der Waals surface area (Å²) in [6.07, 6.45) is 5.08. The van der Waals surface area contributed by atoms with E-state index >= 15 is 0 Å². The van der Waals surface area contributed by atoms with Crippen LogP contribution in [0.15, 0.2) is 12.2 Å². The fourth-order valence-electron chi connectivity index (χ4n) is 1.13. The van der Waals surface area contributed by atoms with Crippen LogP contribution in [-0.2, 0) is 15.8 Å². The van der Waals surface area contributed by atoms with E-state index in [2.05, 4.69) is 0 Å². The molecule has 0 heterocycles. The van der Waals surface area contributed by atoms with Crippen molar-refractivity contribution in [3.05, 3.63) is 12.2 Å². The van der Waals surface area contributed by atoms with Crippen LogP contribution in [0.25, 0.3) is 0 Å². The number of methoxy groups -OCH3 is 1. The van der Waals surface area contributed by atoms with Crippen molar-refractivity contribution in [1.29, 1.82) is 0 Å². The Balaban J connectivity index is 2.49. The third-order valence-corrected chi connectivity index (χ3v) is 2.71. The summed E-state index contributed by atoms with van der Waals surface area (Å²) in [4.78, 5) is 0. The van der Waals surface area contributed by atoms with Crippen molar-refractivity contribution in [2.24, 2.45) is 0 Å². The highest BCUT2D eigenvalue weighted by atomic mass is 32.2. The molecule has 3 unspecified atom stereocenters. The zero-order chi connectivity index (χ0) is 8.27. The lowest BCUT2D eigenvalue weighted by molar-refractivity contribution is 0.128. The van der Waals surface area contributed by atoms with Crippen molar-refractivity contribution < 1.29 is 13.5 Å². The molecule has 0 bridgehead atoms. The highest BCUT2D eigenvalue weighted by Gasteiger charge is 2.14. The monoisotopic (exact) mass is 175 g/mol. The van der Waals surface area contributed by atoms with Gasteiger partial charge in [0.25, 0.3) is 0 Å². The van der Waals surface area contributed by atoms with Crippen LogP contribution >= 0.6 is 0 Å². The smallest absolute Gasteiger partial charge is 0.0752 e. The first-order chi connectivity index (χ1) is 5.24. The van der Waals surface area contributed by atoms with E-state index in [1.165, 1.54) is 0 Å². The first kappa shape index (κ1) is 8.90. The molecule has 0 radical (unpaired) electrons.